The molecule has 0 aliphatic heterocycles. The first kappa shape index (κ1) is 13.9. The third-order valence-electron chi connectivity index (χ3n) is 2.72. The molecule has 2 rings (SSSR count). The largest absolute Gasteiger partial charge is 0.408 e. The minimum absolute atomic E-state index is 0.190. The molecule has 0 bridgehead atoms. The van der Waals surface area contributed by atoms with Crippen LogP contribution in [0.25, 0.3) is 0 Å². The molecule has 0 aliphatic rings. The quantitative estimate of drug-likeness (QED) is 0.863. The first-order valence-corrected chi connectivity index (χ1v) is 5.94. The predicted molar refractivity (Wildman–Crippen MR) is 65.0 cm³/mol. The number of alkyl halides is 3. The van der Waals surface area contributed by atoms with Crippen LogP contribution in [-0.2, 0) is 6.54 Å². The highest BCUT2D eigenvalue weighted by Gasteiger charge is 2.28. The molecule has 2 aromatic heterocycles. The van der Waals surface area contributed by atoms with Crippen molar-refractivity contribution in [2.45, 2.75) is 25.6 Å². The zero-order valence-corrected chi connectivity index (χ0v) is 10.8. The van der Waals surface area contributed by atoms with E-state index in [2.05, 4.69) is 10.1 Å². The second-order valence-corrected chi connectivity index (χ2v) is 4.58. The van der Waals surface area contributed by atoms with Gasteiger partial charge in [0.1, 0.15) is 6.54 Å². The highest BCUT2D eigenvalue weighted by Crippen LogP contribution is 2.28. The van der Waals surface area contributed by atoms with E-state index >= 15 is 0 Å². The van der Waals surface area contributed by atoms with Gasteiger partial charge in [-0.2, -0.15) is 18.3 Å². The molecule has 0 saturated carbocycles. The van der Waals surface area contributed by atoms with Crippen molar-refractivity contribution in [3.8, 4) is 0 Å². The fourth-order valence-electron chi connectivity index (χ4n) is 1.78. The van der Waals surface area contributed by atoms with E-state index in [4.69, 9.17) is 11.6 Å². The lowest BCUT2D eigenvalue weighted by Crippen LogP contribution is -2.18. The number of rotatable bonds is 3. The van der Waals surface area contributed by atoms with Crippen LogP contribution in [0.5, 0.6) is 0 Å². The summed E-state index contributed by atoms with van der Waals surface area (Å²) >= 11 is 6.01. The maximum atomic E-state index is 12.2. The van der Waals surface area contributed by atoms with Gasteiger partial charge in [0.05, 0.1) is 10.7 Å². The van der Waals surface area contributed by atoms with E-state index in [-0.39, 0.29) is 5.92 Å². The minimum Gasteiger partial charge on any atom is -0.263 e. The summed E-state index contributed by atoms with van der Waals surface area (Å²) in [5.74, 6) is -0.190. The van der Waals surface area contributed by atoms with Crippen LogP contribution in [0, 0.1) is 0 Å². The van der Waals surface area contributed by atoms with E-state index in [0.29, 0.717) is 10.7 Å². The lowest BCUT2D eigenvalue weighted by molar-refractivity contribution is -0.142. The van der Waals surface area contributed by atoms with Gasteiger partial charge in [0.25, 0.3) is 0 Å². The van der Waals surface area contributed by atoms with Gasteiger partial charge in [-0.15, -0.1) is 0 Å². The number of hydrogen-bond acceptors (Lipinski definition) is 2. The summed E-state index contributed by atoms with van der Waals surface area (Å²) in [6.07, 6.45) is 0.125. The van der Waals surface area contributed by atoms with Crippen LogP contribution in [0.1, 0.15) is 24.1 Å². The molecule has 0 spiro atoms. The second-order valence-electron chi connectivity index (χ2n) is 4.17. The van der Waals surface area contributed by atoms with Crippen LogP contribution in [0.3, 0.4) is 0 Å². The van der Waals surface area contributed by atoms with Crippen molar-refractivity contribution in [1.29, 1.82) is 0 Å². The topological polar surface area (TPSA) is 30.7 Å². The summed E-state index contributed by atoms with van der Waals surface area (Å²) in [6, 6.07) is 3.29. The SMILES string of the molecule is CC(c1ccn(CC(F)(F)F)n1)c1ccncc1Cl. The van der Waals surface area contributed by atoms with Crippen LogP contribution in [-0.4, -0.2) is 20.9 Å². The molecule has 1 unspecified atom stereocenters. The monoisotopic (exact) mass is 289 g/mol. The van der Waals surface area contributed by atoms with Gasteiger partial charge in [0.15, 0.2) is 0 Å². The van der Waals surface area contributed by atoms with E-state index in [1.807, 2.05) is 6.92 Å². The molecular formula is C12H11ClF3N3. The molecule has 0 aromatic carbocycles. The molecule has 2 heterocycles. The van der Waals surface area contributed by atoms with Gasteiger partial charge in [-0.3, -0.25) is 9.67 Å². The number of pyridine rings is 1. The summed E-state index contributed by atoms with van der Waals surface area (Å²) in [5.41, 5.74) is 1.33. The number of hydrogen-bond donors (Lipinski definition) is 0. The van der Waals surface area contributed by atoms with Crippen LogP contribution >= 0.6 is 11.6 Å². The Hall–Kier alpha value is -1.56. The average molecular weight is 290 g/mol. The smallest absolute Gasteiger partial charge is 0.263 e. The Labute approximate surface area is 113 Å². The van der Waals surface area contributed by atoms with Gasteiger partial charge < -0.3 is 0 Å². The Balaban J connectivity index is 2.21. The van der Waals surface area contributed by atoms with Crippen molar-refractivity contribution in [2.75, 3.05) is 0 Å². The van der Waals surface area contributed by atoms with Crippen molar-refractivity contribution >= 4 is 11.6 Å². The van der Waals surface area contributed by atoms with Gasteiger partial charge in [-0.1, -0.05) is 18.5 Å². The van der Waals surface area contributed by atoms with Crippen molar-refractivity contribution in [3.63, 3.8) is 0 Å². The van der Waals surface area contributed by atoms with Gasteiger partial charge in [0.2, 0.25) is 0 Å². The average Bonchev–Trinajstić information content (AvgIpc) is 2.75. The van der Waals surface area contributed by atoms with Gasteiger partial charge in [-0.05, 0) is 17.7 Å². The third-order valence-corrected chi connectivity index (χ3v) is 3.03. The molecule has 0 amide bonds. The van der Waals surface area contributed by atoms with E-state index in [1.165, 1.54) is 12.4 Å². The molecule has 0 fully saturated rings. The van der Waals surface area contributed by atoms with Crippen molar-refractivity contribution in [3.05, 3.63) is 47.0 Å². The highest BCUT2D eigenvalue weighted by molar-refractivity contribution is 6.31. The zero-order valence-electron chi connectivity index (χ0n) is 10.0. The lowest BCUT2D eigenvalue weighted by Gasteiger charge is -2.11. The predicted octanol–water partition coefficient (Wildman–Crippen LogP) is 3.65. The first-order chi connectivity index (χ1) is 8.87. The normalized spacial score (nSPS) is 13.5. The van der Waals surface area contributed by atoms with E-state index in [9.17, 15) is 13.2 Å². The van der Waals surface area contributed by atoms with Gasteiger partial charge >= 0.3 is 6.18 Å². The first-order valence-electron chi connectivity index (χ1n) is 5.56. The summed E-state index contributed by atoms with van der Waals surface area (Å²) < 4.78 is 37.6. The maximum absolute atomic E-state index is 12.2. The summed E-state index contributed by atoms with van der Waals surface area (Å²) in [5, 5.41) is 4.40. The lowest BCUT2D eigenvalue weighted by atomic mass is 9.99. The van der Waals surface area contributed by atoms with Crippen molar-refractivity contribution < 1.29 is 13.2 Å². The molecule has 0 aliphatic carbocycles. The van der Waals surface area contributed by atoms with Crippen molar-refractivity contribution in [2.24, 2.45) is 0 Å². The van der Waals surface area contributed by atoms with Crippen LogP contribution in [0.15, 0.2) is 30.7 Å². The molecule has 0 N–H and O–H groups in total. The summed E-state index contributed by atoms with van der Waals surface area (Å²) in [7, 11) is 0. The Morgan fingerprint density at radius 2 is 2.11 bits per heavy atom. The van der Waals surface area contributed by atoms with Gasteiger partial charge in [0, 0.05) is 24.5 Å². The minimum atomic E-state index is -4.28. The summed E-state index contributed by atoms with van der Waals surface area (Å²) in [6.45, 7) is 0.741. The molecule has 2 aromatic rings. The third kappa shape index (κ3) is 3.47. The Bertz CT molecular complexity index is 565. The molecular weight excluding hydrogens is 279 g/mol. The molecule has 0 radical (unpaired) electrons. The zero-order chi connectivity index (χ0) is 14.0. The van der Waals surface area contributed by atoms with Gasteiger partial charge in [-0.25, -0.2) is 0 Å². The fraction of sp³-hybridized carbons (Fsp3) is 0.333. The number of aromatic nitrogens is 3. The molecule has 19 heavy (non-hydrogen) atoms. The van der Waals surface area contributed by atoms with Crippen LogP contribution in [0.4, 0.5) is 13.2 Å². The van der Waals surface area contributed by atoms with E-state index < -0.39 is 12.7 Å². The maximum Gasteiger partial charge on any atom is 0.408 e. The van der Waals surface area contributed by atoms with Crippen LogP contribution < -0.4 is 0 Å². The molecule has 3 nitrogen and oxygen atoms in total. The fourth-order valence-corrected chi connectivity index (χ4v) is 2.06. The molecule has 0 saturated heterocycles. The molecule has 1 atom stereocenters. The Morgan fingerprint density at radius 1 is 1.37 bits per heavy atom. The molecule has 7 heteroatoms. The standard InChI is InChI=1S/C12H11ClF3N3/c1-8(9-2-4-17-6-10(9)13)11-3-5-19(18-11)7-12(14,15)16/h2-6,8H,7H2,1H3. The molecule has 102 valence electrons. The number of halogens is 4. The van der Waals surface area contributed by atoms with Crippen molar-refractivity contribution in [1.82, 2.24) is 14.8 Å². The number of nitrogens with zero attached hydrogens (tertiary/aromatic N) is 3. The Kier molecular flexibility index (Phi) is 3.80. The highest BCUT2D eigenvalue weighted by atomic mass is 35.5. The Morgan fingerprint density at radius 3 is 2.74 bits per heavy atom. The second kappa shape index (κ2) is 5.21. The van der Waals surface area contributed by atoms with E-state index in [0.717, 1.165) is 10.2 Å². The summed E-state index contributed by atoms with van der Waals surface area (Å²) in [4.78, 5) is 3.87. The van der Waals surface area contributed by atoms with Crippen LogP contribution in [0.2, 0.25) is 5.02 Å². The van der Waals surface area contributed by atoms with E-state index in [1.54, 1.807) is 18.3 Å².